The third-order valence-electron chi connectivity index (χ3n) is 2.74. The van der Waals surface area contributed by atoms with E-state index in [-0.39, 0.29) is 18.4 Å². The van der Waals surface area contributed by atoms with Crippen LogP contribution in [0.25, 0.3) is 0 Å². The fraction of sp³-hybridized carbons (Fsp3) is 0.429. The largest absolute Gasteiger partial charge is 0.481 e. The number of amides is 1. The van der Waals surface area contributed by atoms with Crippen molar-refractivity contribution in [3.8, 4) is 0 Å². The van der Waals surface area contributed by atoms with Crippen molar-refractivity contribution in [3.63, 3.8) is 0 Å². The van der Waals surface area contributed by atoms with Crippen LogP contribution in [0.4, 0.5) is 0 Å². The maximum Gasteiger partial charge on any atom is 0.305 e. The van der Waals surface area contributed by atoms with Gasteiger partial charge in [-0.05, 0) is 37.5 Å². The van der Waals surface area contributed by atoms with E-state index in [1.54, 1.807) is 19.1 Å². The molecule has 110 valence electrons. The summed E-state index contributed by atoms with van der Waals surface area (Å²) in [5.74, 6) is -1.06. The molecule has 0 bridgehead atoms. The first-order chi connectivity index (χ1) is 9.38. The van der Waals surface area contributed by atoms with Crippen LogP contribution in [0.3, 0.4) is 0 Å². The number of aliphatic carboxylic acids is 1. The van der Waals surface area contributed by atoms with E-state index in [2.05, 4.69) is 5.32 Å². The quantitative estimate of drug-likeness (QED) is 0.810. The van der Waals surface area contributed by atoms with Gasteiger partial charge >= 0.3 is 5.97 Å². The molecule has 2 N–H and O–H groups in total. The predicted octanol–water partition coefficient (Wildman–Crippen LogP) is 3.30. The number of carboxylic acids is 1. The Morgan fingerprint density at radius 2 is 2.00 bits per heavy atom. The second-order valence-corrected chi connectivity index (χ2v) is 5.48. The molecule has 1 aromatic rings. The zero-order chi connectivity index (χ0) is 15.1. The van der Waals surface area contributed by atoms with Gasteiger partial charge in [0.15, 0.2) is 0 Å². The molecule has 20 heavy (non-hydrogen) atoms. The molecule has 0 heterocycles. The normalized spacial score (nSPS) is 11.9. The van der Waals surface area contributed by atoms with Crippen LogP contribution in [0.1, 0.15) is 31.7 Å². The van der Waals surface area contributed by atoms with Crippen molar-refractivity contribution in [1.82, 2.24) is 5.32 Å². The number of halogens is 2. The summed E-state index contributed by atoms with van der Waals surface area (Å²) in [5, 5.41) is 12.3. The van der Waals surface area contributed by atoms with Crippen LogP contribution in [-0.4, -0.2) is 23.0 Å². The molecule has 1 aromatic carbocycles. The van der Waals surface area contributed by atoms with E-state index < -0.39 is 5.97 Å². The van der Waals surface area contributed by atoms with Gasteiger partial charge in [0, 0.05) is 12.5 Å². The molecule has 0 radical (unpaired) electrons. The number of carbonyl (C=O) groups is 2. The Labute approximate surface area is 128 Å². The third-order valence-corrected chi connectivity index (χ3v) is 3.48. The monoisotopic (exact) mass is 317 g/mol. The van der Waals surface area contributed by atoms with E-state index in [1.807, 2.05) is 6.07 Å². The van der Waals surface area contributed by atoms with Crippen molar-refractivity contribution in [2.45, 2.75) is 38.6 Å². The summed E-state index contributed by atoms with van der Waals surface area (Å²) in [6, 6.07) is 5.03. The first-order valence-corrected chi connectivity index (χ1v) is 7.09. The zero-order valence-electron chi connectivity index (χ0n) is 11.2. The SMILES string of the molecule is CC(CC(=O)O)NC(=O)CCCc1ccc(Cl)c(Cl)c1. The number of carbonyl (C=O) groups excluding carboxylic acids is 1. The summed E-state index contributed by atoms with van der Waals surface area (Å²) in [4.78, 5) is 22.1. The number of aryl methyl sites for hydroxylation is 1. The minimum atomic E-state index is -0.923. The van der Waals surface area contributed by atoms with Gasteiger partial charge in [0.05, 0.1) is 16.5 Å². The molecule has 0 saturated heterocycles. The Morgan fingerprint density at radius 1 is 1.30 bits per heavy atom. The predicted molar refractivity (Wildman–Crippen MR) is 79.3 cm³/mol. The molecule has 1 unspecified atom stereocenters. The molecule has 6 heteroatoms. The Balaban J connectivity index is 2.31. The number of hydrogen-bond acceptors (Lipinski definition) is 2. The van der Waals surface area contributed by atoms with E-state index in [0.29, 0.717) is 22.9 Å². The topological polar surface area (TPSA) is 66.4 Å². The zero-order valence-corrected chi connectivity index (χ0v) is 12.7. The van der Waals surface area contributed by atoms with Crippen molar-refractivity contribution >= 4 is 35.1 Å². The van der Waals surface area contributed by atoms with Crippen LogP contribution in [0, 0.1) is 0 Å². The number of nitrogens with one attached hydrogen (secondary N) is 1. The lowest BCUT2D eigenvalue weighted by Gasteiger charge is -2.11. The molecule has 1 rings (SSSR count). The first kappa shape index (κ1) is 16.8. The summed E-state index contributed by atoms with van der Waals surface area (Å²) in [7, 11) is 0. The average molecular weight is 318 g/mol. The van der Waals surface area contributed by atoms with Gasteiger partial charge < -0.3 is 10.4 Å². The second kappa shape index (κ2) is 8.12. The summed E-state index contributed by atoms with van der Waals surface area (Å²) in [5.41, 5.74) is 1.02. The fourth-order valence-electron chi connectivity index (χ4n) is 1.81. The van der Waals surface area contributed by atoms with Crippen molar-refractivity contribution in [2.24, 2.45) is 0 Å². The van der Waals surface area contributed by atoms with Crippen LogP contribution in [0.2, 0.25) is 10.0 Å². The summed E-state index contributed by atoms with van der Waals surface area (Å²) in [6.07, 6.45) is 1.67. The first-order valence-electron chi connectivity index (χ1n) is 6.33. The van der Waals surface area contributed by atoms with Gasteiger partial charge in [-0.3, -0.25) is 9.59 Å². The lowest BCUT2D eigenvalue weighted by molar-refractivity contribution is -0.137. The molecule has 1 amide bonds. The summed E-state index contributed by atoms with van der Waals surface area (Å²) >= 11 is 11.7. The highest BCUT2D eigenvalue weighted by molar-refractivity contribution is 6.42. The van der Waals surface area contributed by atoms with Gasteiger partial charge in [0.2, 0.25) is 5.91 Å². The maximum atomic E-state index is 11.6. The Hall–Kier alpha value is -1.26. The third kappa shape index (κ3) is 6.26. The minimum Gasteiger partial charge on any atom is -0.481 e. The van der Waals surface area contributed by atoms with Crippen LogP contribution >= 0.6 is 23.2 Å². The molecular formula is C14H17Cl2NO3. The minimum absolute atomic E-state index is 0.0709. The highest BCUT2D eigenvalue weighted by Gasteiger charge is 2.10. The highest BCUT2D eigenvalue weighted by Crippen LogP contribution is 2.23. The summed E-state index contributed by atoms with van der Waals surface area (Å²) < 4.78 is 0. The van der Waals surface area contributed by atoms with Gasteiger partial charge in [-0.25, -0.2) is 0 Å². The van der Waals surface area contributed by atoms with Crippen LogP contribution in [0.15, 0.2) is 18.2 Å². The lowest BCUT2D eigenvalue weighted by Crippen LogP contribution is -2.34. The van der Waals surface area contributed by atoms with Crippen molar-refractivity contribution in [1.29, 1.82) is 0 Å². The standard InChI is InChI=1S/C14H17Cl2NO3/c1-9(7-14(19)20)17-13(18)4-2-3-10-5-6-11(15)12(16)8-10/h5-6,8-9H,2-4,7H2,1H3,(H,17,18)(H,19,20). The molecule has 0 aromatic heterocycles. The number of benzene rings is 1. The van der Waals surface area contributed by atoms with Crippen molar-refractivity contribution < 1.29 is 14.7 Å². The van der Waals surface area contributed by atoms with Gasteiger partial charge in [0.1, 0.15) is 0 Å². The van der Waals surface area contributed by atoms with Gasteiger partial charge in [0.25, 0.3) is 0 Å². The van der Waals surface area contributed by atoms with E-state index in [0.717, 1.165) is 12.0 Å². The molecular weight excluding hydrogens is 301 g/mol. The van der Waals surface area contributed by atoms with Crippen molar-refractivity contribution in [2.75, 3.05) is 0 Å². The Morgan fingerprint density at radius 3 is 2.60 bits per heavy atom. The molecule has 0 spiro atoms. The van der Waals surface area contributed by atoms with Gasteiger partial charge in [-0.2, -0.15) is 0 Å². The maximum absolute atomic E-state index is 11.6. The highest BCUT2D eigenvalue weighted by atomic mass is 35.5. The molecule has 4 nitrogen and oxygen atoms in total. The molecule has 0 aliphatic rings. The molecule has 0 saturated carbocycles. The summed E-state index contributed by atoms with van der Waals surface area (Å²) in [6.45, 7) is 1.67. The fourth-order valence-corrected chi connectivity index (χ4v) is 2.13. The van der Waals surface area contributed by atoms with Crippen LogP contribution in [-0.2, 0) is 16.0 Å². The molecule has 0 fully saturated rings. The van der Waals surface area contributed by atoms with E-state index >= 15 is 0 Å². The number of carboxylic acid groups (broad SMARTS) is 1. The number of hydrogen-bond donors (Lipinski definition) is 2. The van der Waals surface area contributed by atoms with Crippen LogP contribution < -0.4 is 5.32 Å². The van der Waals surface area contributed by atoms with Gasteiger partial charge in [-0.15, -0.1) is 0 Å². The van der Waals surface area contributed by atoms with E-state index in [4.69, 9.17) is 28.3 Å². The second-order valence-electron chi connectivity index (χ2n) is 4.67. The van der Waals surface area contributed by atoms with E-state index in [1.165, 1.54) is 0 Å². The smallest absolute Gasteiger partial charge is 0.305 e. The molecule has 0 aliphatic carbocycles. The Bertz CT molecular complexity index is 491. The van der Waals surface area contributed by atoms with E-state index in [9.17, 15) is 9.59 Å². The number of rotatable bonds is 7. The Kier molecular flexibility index (Phi) is 6.82. The van der Waals surface area contributed by atoms with Crippen LogP contribution in [0.5, 0.6) is 0 Å². The molecule has 1 atom stereocenters. The van der Waals surface area contributed by atoms with Crippen molar-refractivity contribution in [3.05, 3.63) is 33.8 Å². The van der Waals surface area contributed by atoms with Gasteiger partial charge in [-0.1, -0.05) is 29.3 Å². The molecule has 0 aliphatic heterocycles. The average Bonchev–Trinajstić information content (AvgIpc) is 2.32. The lowest BCUT2D eigenvalue weighted by atomic mass is 10.1.